The summed E-state index contributed by atoms with van der Waals surface area (Å²) in [5.41, 5.74) is 7.73. The minimum absolute atomic E-state index is 0.0249. The number of carbonyl (C=O) groups is 2. The number of halogens is 1. The molecule has 0 aliphatic carbocycles. The summed E-state index contributed by atoms with van der Waals surface area (Å²) in [5, 5.41) is 6.26. The second kappa shape index (κ2) is 8.80. The molecule has 168 valence electrons. The number of para-hydroxylation sites is 1. The number of rotatable bonds is 6. The molecule has 2 fully saturated rings. The molecule has 2 aromatic carbocycles. The molecule has 33 heavy (non-hydrogen) atoms. The highest BCUT2D eigenvalue weighted by atomic mass is 79.9. The number of nitrogens with two attached hydrogens (primary N) is 1. The molecule has 2 amide bonds. The molecule has 0 radical (unpaired) electrons. The number of carbonyl (C=O) groups excluding carboxylic acids is 2. The maximum Gasteiger partial charge on any atom is 0.254 e. The number of hydrogen-bond acceptors (Lipinski definition) is 7. The van der Waals surface area contributed by atoms with Crippen molar-refractivity contribution in [1.29, 1.82) is 0 Å². The summed E-state index contributed by atoms with van der Waals surface area (Å²) >= 11 is 3.42. The molecule has 0 saturated carbocycles. The number of amides is 2. The van der Waals surface area contributed by atoms with Gasteiger partial charge >= 0.3 is 0 Å². The quantitative estimate of drug-likeness (QED) is 0.465. The standard InChI is InChI=1S/C23H21BrN6O3/c24-18-10-26-23(29-21(18)28-19-4-2-1-3-17(19)20(25)31)27-14-7-5-13(6-8-14)22(32)30-11-16-9-15(30)12-33-16/h1-8,10,15-16H,9,11-12H2,(H2,25,31)(H2,26,27,28,29). The Labute approximate surface area is 198 Å². The molecule has 1 aromatic heterocycles. The van der Waals surface area contributed by atoms with Crippen LogP contribution in [0.4, 0.5) is 23.1 Å². The molecule has 2 saturated heterocycles. The smallest absolute Gasteiger partial charge is 0.254 e. The summed E-state index contributed by atoms with van der Waals surface area (Å²) in [6.45, 7) is 1.28. The lowest BCUT2D eigenvalue weighted by molar-refractivity contribution is 0.0259. The summed E-state index contributed by atoms with van der Waals surface area (Å²) in [5.74, 6) is 0.312. The predicted octanol–water partition coefficient (Wildman–Crippen LogP) is 3.44. The van der Waals surface area contributed by atoms with Crippen molar-refractivity contribution in [2.24, 2.45) is 5.73 Å². The van der Waals surface area contributed by atoms with Crippen LogP contribution in [0, 0.1) is 0 Å². The van der Waals surface area contributed by atoms with E-state index in [1.165, 1.54) is 0 Å². The zero-order chi connectivity index (χ0) is 22.9. The van der Waals surface area contributed by atoms with Gasteiger partial charge in [0.15, 0.2) is 0 Å². The number of hydrogen-bond donors (Lipinski definition) is 3. The second-order valence-corrected chi connectivity index (χ2v) is 8.78. The van der Waals surface area contributed by atoms with Gasteiger partial charge in [0.2, 0.25) is 5.95 Å². The van der Waals surface area contributed by atoms with E-state index in [2.05, 4.69) is 36.5 Å². The first-order chi connectivity index (χ1) is 16.0. The van der Waals surface area contributed by atoms with E-state index in [0.29, 0.717) is 46.2 Å². The molecule has 2 atom stereocenters. The maximum atomic E-state index is 12.8. The van der Waals surface area contributed by atoms with Crippen LogP contribution in [0.5, 0.6) is 0 Å². The second-order valence-electron chi connectivity index (χ2n) is 7.93. The van der Waals surface area contributed by atoms with Gasteiger partial charge < -0.3 is 26.0 Å². The van der Waals surface area contributed by atoms with Crippen molar-refractivity contribution in [3.8, 4) is 0 Å². The Hall–Kier alpha value is -3.50. The van der Waals surface area contributed by atoms with E-state index in [0.717, 1.165) is 12.1 Å². The fourth-order valence-corrected chi connectivity index (χ4v) is 4.38. The Morgan fingerprint density at radius 2 is 1.91 bits per heavy atom. The van der Waals surface area contributed by atoms with Crippen LogP contribution in [0.2, 0.25) is 0 Å². The van der Waals surface area contributed by atoms with Crippen molar-refractivity contribution >= 4 is 50.9 Å². The summed E-state index contributed by atoms with van der Waals surface area (Å²) in [4.78, 5) is 35.2. The largest absolute Gasteiger partial charge is 0.374 e. The van der Waals surface area contributed by atoms with Crippen molar-refractivity contribution in [2.45, 2.75) is 18.6 Å². The molecule has 2 aliphatic heterocycles. The minimum atomic E-state index is -0.537. The van der Waals surface area contributed by atoms with Gasteiger partial charge in [-0.2, -0.15) is 4.98 Å². The highest BCUT2D eigenvalue weighted by Gasteiger charge is 2.41. The third kappa shape index (κ3) is 4.39. The molecular formula is C23H21BrN6O3. The molecule has 3 heterocycles. The van der Waals surface area contributed by atoms with E-state index >= 15 is 0 Å². The molecule has 3 aromatic rings. The van der Waals surface area contributed by atoms with Crippen LogP contribution in [-0.4, -0.2) is 52.0 Å². The van der Waals surface area contributed by atoms with Gasteiger partial charge in [0.05, 0.1) is 34.5 Å². The molecule has 10 heteroatoms. The topological polar surface area (TPSA) is 122 Å². The van der Waals surface area contributed by atoms with Gasteiger partial charge in [0.1, 0.15) is 5.82 Å². The zero-order valence-electron chi connectivity index (χ0n) is 17.5. The van der Waals surface area contributed by atoms with Gasteiger partial charge in [-0.3, -0.25) is 9.59 Å². The lowest BCUT2D eigenvalue weighted by Crippen LogP contribution is -2.41. The Morgan fingerprint density at radius 1 is 1.12 bits per heavy atom. The van der Waals surface area contributed by atoms with Crippen LogP contribution in [0.1, 0.15) is 27.1 Å². The number of nitrogens with one attached hydrogen (secondary N) is 2. The Morgan fingerprint density at radius 3 is 2.61 bits per heavy atom. The molecule has 2 aliphatic rings. The predicted molar refractivity (Wildman–Crippen MR) is 127 cm³/mol. The molecule has 0 spiro atoms. The van der Waals surface area contributed by atoms with E-state index in [1.54, 1.807) is 42.6 Å². The number of likely N-dealkylation sites (tertiary alicyclic amines) is 1. The Balaban J connectivity index is 1.30. The molecule has 4 N–H and O–H groups in total. The number of ether oxygens (including phenoxy) is 1. The van der Waals surface area contributed by atoms with Gasteiger partial charge in [0.25, 0.3) is 11.8 Å². The molecule has 5 rings (SSSR count). The number of fused-ring (bicyclic) bond motifs is 2. The third-order valence-corrected chi connectivity index (χ3v) is 6.32. The van der Waals surface area contributed by atoms with Crippen LogP contribution in [0.25, 0.3) is 0 Å². The lowest BCUT2D eigenvalue weighted by Gasteiger charge is -2.27. The molecule has 2 unspecified atom stereocenters. The number of anilines is 4. The first kappa shape index (κ1) is 21.4. The summed E-state index contributed by atoms with van der Waals surface area (Å²) in [6, 6.07) is 14.3. The van der Waals surface area contributed by atoms with E-state index in [1.807, 2.05) is 17.0 Å². The molecular weight excluding hydrogens is 488 g/mol. The number of morpholine rings is 1. The van der Waals surface area contributed by atoms with Gasteiger partial charge in [-0.1, -0.05) is 12.1 Å². The fraction of sp³-hybridized carbons (Fsp3) is 0.217. The van der Waals surface area contributed by atoms with Crippen molar-refractivity contribution in [1.82, 2.24) is 14.9 Å². The fourth-order valence-electron chi connectivity index (χ4n) is 4.09. The van der Waals surface area contributed by atoms with Crippen LogP contribution in [0.3, 0.4) is 0 Å². The zero-order valence-corrected chi connectivity index (χ0v) is 19.1. The number of primary amides is 1. The van der Waals surface area contributed by atoms with Crippen molar-refractivity contribution < 1.29 is 14.3 Å². The van der Waals surface area contributed by atoms with Crippen LogP contribution in [0.15, 0.2) is 59.2 Å². The van der Waals surface area contributed by atoms with Gasteiger partial charge in [-0.15, -0.1) is 0 Å². The Bertz CT molecular complexity index is 1220. The highest BCUT2D eigenvalue weighted by molar-refractivity contribution is 9.10. The molecule has 2 bridgehead atoms. The van der Waals surface area contributed by atoms with E-state index < -0.39 is 5.91 Å². The summed E-state index contributed by atoms with van der Waals surface area (Å²) < 4.78 is 6.20. The van der Waals surface area contributed by atoms with Gasteiger partial charge in [-0.25, -0.2) is 4.98 Å². The number of benzene rings is 2. The Kier molecular flexibility index (Phi) is 5.69. The SMILES string of the molecule is NC(=O)c1ccccc1Nc1nc(Nc2ccc(C(=O)N3CC4CC3CO4)cc2)ncc1Br. The van der Waals surface area contributed by atoms with Crippen molar-refractivity contribution in [3.05, 3.63) is 70.3 Å². The van der Waals surface area contributed by atoms with Gasteiger partial charge in [0, 0.05) is 24.0 Å². The third-order valence-electron chi connectivity index (χ3n) is 5.74. The monoisotopic (exact) mass is 508 g/mol. The minimum Gasteiger partial charge on any atom is -0.374 e. The van der Waals surface area contributed by atoms with Crippen LogP contribution >= 0.6 is 15.9 Å². The number of aromatic nitrogens is 2. The van der Waals surface area contributed by atoms with E-state index in [4.69, 9.17) is 10.5 Å². The highest BCUT2D eigenvalue weighted by Crippen LogP contribution is 2.30. The van der Waals surface area contributed by atoms with Crippen molar-refractivity contribution in [2.75, 3.05) is 23.8 Å². The summed E-state index contributed by atoms with van der Waals surface area (Å²) in [6.07, 6.45) is 2.70. The normalized spacial score (nSPS) is 18.9. The van der Waals surface area contributed by atoms with Crippen LogP contribution in [-0.2, 0) is 4.74 Å². The first-order valence-electron chi connectivity index (χ1n) is 10.5. The number of nitrogens with zero attached hydrogens (tertiary/aromatic N) is 3. The van der Waals surface area contributed by atoms with E-state index in [-0.39, 0.29) is 18.1 Å². The molecule has 9 nitrogen and oxygen atoms in total. The average molecular weight is 509 g/mol. The average Bonchev–Trinajstić information content (AvgIpc) is 3.45. The van der Waals surface area contributed by atoms with Crippen molar-refractivity contribution in [3.63, 3.8) is 0 Å². The maximum absolute atomic E-state index is 12.8. The van der Waals surface area contributed by atoms with Crippen LogP contribution < -0.4 is 16.4 Å². The van der Waals surface area contributed by atoms with E-state index in [9.17, 15) is 9.59 Å². The summed E-state index contributed by atoms with van der Waals surface area (Å²) in [7, 11) is 0. The lowest BCUT2D eigenvalue weighted by atomic mass is 10.1. The first-order valence-corrected chi connectivity index (χ1v) is 11.3. The van der Waals surface area contributed by atoms with Gasteiger partial charge in [-0.05, 0) is 58.7 Å².